The second kappa shape index (κ2) is 30.9. The number of halogens is 4. The molecule has 84 heavy (non-hydrogen) atoms. The number of pyridine rings is 4. The van der Waals surface area contributed by atoms with E-state index in [9.17, 15) is 16.8 Å². The quantitative estimate of drug-likeness (QED) is 0.0237. The zero-order valence-electron chi connectivity index (χ0n) is 50.9. The van der Waals surface area contributed by atoms with Crippen molar-refractivity contribution in [3.8, 4) is 0 Å². The zero-order chi connectivity index (χ0) is 62.6. The Balaban J connectivity index is 0.000000205. The molecule has 464 valence electrons. The van der Waals surface area contributed by atoms with Crippen LogP contribution in [-0.4, -0.2) is 159 Å². The van der Waals surface area contributed by atoms with E-state index in [1.165, 1.54) is 6.04 Å². The van der Waals surface area contributed by atoms with Crippen molar-refractivity contribution in [3.63, 3.8) is 0 Å². The summed E-state index contributed by atoms with van der Waals surface area (Å²) in [4.78, 5) is 33.5. The molecule has 32 heteroatoms. The van der Waals surface area contributed by atoms with Crippen molar-refractivity contribution in [2.45, 2.75) is 150 Å². The predicted molar refractivity (Wildman–Crippen MR) is 356 cm³/mol. The molecular formula is C52H80Cl4N12O8S4Si4. The average Bonchev–Trinajstić information content (AvgIpc) is 2.10. The van der Waals surface area contributed by atoms with Crippen molar-refractivity contribution in [2.75, 3.05) is 51.5 Å². The summed E-state index contributed by atoms with van der Waals surface area (Å²) in [5.41, 5.74) is 5.57. The minimum atomic E-state index is -3.50. The van der Waals surface area contributed by atoms with Gasteiger partial charge >= 0.3 is 0 Å². The first kappa shape index (κ1) is 71.7. The molecule has 0 saturated heterocycles. The van der Waals surface area contributed by atoms with Crippen LogP contribution in [-0.2, 0) is 65.5 Å². The summed E-state index contributed by atoms with van der Waals surface area (Å²) in [7, 11) is -11.4. The van der Waals surface area contributed by atoms with Gasteiger partial charge in [0.15, 0.2) is 29.7 Å². The molecule has 0 unspecified atom stereocenters. The van der Waals surface area contributed by atoms with Gasteiger partial charge in [-0.25, -0.2) is 56.7 Å². The van der Waals surface area contributed by atoms with E-state index in [0.29, 0.717) is 65.8 Å². The third kappa shape index (κ3) is 22.8. The lowest BCUT2D eigenvalue weighted by Gasteiger charge is -2.15. The largest absolute Gasteiger partial charge is 0.361 e. The van der Waals surface area contributed by atoms with Crippen molar-refractivity contribution in [2.24, 2.45) is 0 Å². The summed E-state index contributed by atoms with van der Waals surface area (Å²) in [6.45, 7) is 32.2. The van der Waals surface area contributed by atoms with Crippen LogP contribution in [0.2, 0.25) is 123 Å². The van der Waals surface area contributed by atoms with Gasteiger partial charge in [0.05, 0.1) is 47.4 Å². The summed E-state index contributed by atoms with van der Waals surface area (Å²) < 4.78 is 77.6. The molecule has 0 N–H and O–H groups in total. The van der Waals surface area contributed by atoms with E-state index in [2.05, 4.69) is 118 Å². The second-order valence-corrected chi connectivity index (χ2v) is 54.2. The van der Waals surface area contributed by atoms with Crippen LogP contribution in [0, 0.1) is 0 Å². The van der Waals surface area contributed by atoms with E-state index >= 15 is 0 Å². The van der Waals surface area contributed by atoms with Crippen LogP contribution in [0.15, 0.2) is 69.7 Å². The van der Waals surface area contributed by atoms with E-state index in [4.69, 9.17) is 65.4 Å². The molecule has 0 spiro atoms. The molecule has 8 heterocycles. The molecule has 0 aliphatic rings. The van der Waals surface area contributed by atoms with Gasteiger partial charge in [0.2, 0.25) is 0 Å². The van der Waals surface area contributed by atoms with Crippen LogP contribution in [0.5, 0.6) is 0 Å². The highest BCUT2D eigenvalue weighted by atomic mass is 35.5. The normalized spacial score (nSPS) is 12.6. The maximum Gasteiger partial charge on any atom is 0.195 e. The maximum atomic E-state index is 11.9. The Morgan fingerprint density at radius 2 is 0.750 bits per heavy atom. The topological polar surface area (TPSA) is 228 Å². The Bertz CT molecular complexity index is 3720. The highest BCUT2D eigenvalue weighted by molar-refractivity contribution is 7.99. The Kier molecular flexibility index (Phi) is 26.4. The number of hydrogen-bond donors (Lipinski definition) is 0. The minimum absolute atomic E-state index is 0.0682. The molecule has 0 aromatic carbocycles. The molecule has 8 aromatic rings. The minimum Gasteiger partial charge on any atom is -0.361 e. The summed E-state index contributed by atoms with van der Waals surface area (Å²) >= 11 is 27.0. The Hall–Kier alpha value is -3.05. The van der Waals surface area contributed by atoms with Crippen LogP contribution in [0.1, 0.15) is 0 Å². The lowest BCUT2D eigenvalue weighted by atomic mass is 10.4. The van der Waals surface area contributed by atoms with Crippen LogP contribution in [0.25, 0.3) is 44.1 Å². The van der Waals surface area contributed by atoms with E-state index in [1.54, 1.807) is 76.2 Å². The number of sulfone groups is 2. The van der Waals surface area contributed by atoms with Gasteiger partial charge in [-0.15, -0.1) is 23.5 Å². The van der Waals surface area contributed by atoms with E-state index < -0.39 is 52.0 Å². The number of nitrogens with zero attached hydrogens (tertiary/aromatic N) is 12. The second-order valence-electron chi connectivity index (χ2n) is 24.7. The zero-order valence-corrected chi connectivity index (χ0v) is 61.2. The van der Waals surface area contributed by atoms with Gasteiger partial charge in [0, 0.05) is 95.5 Å². The standard InChI is InChI=1S/2C13H20ClN3O3SSi.2C13H20ClN3OSSi/c1-21(18,19)13-12-10(7-11(14)16-13)17(8-15-12)9-20-5-6-22(2,3)4;1-21(18,19)13-12-10(7-11(14)16-13)15-8-17(12)9-20-5-6-22(2,3)4;1-19-13-12-10(7-11(14)16-13)17(8-15-12)9-18-5-6-20(2,3)4;1-19-13-12-10(7-11(14)16-13)15-8-17(12)9-18-5-6-20(2,3)4/h2*7-8H,5-6,9H2,1-4H3;2*7-8H,5-6,9H2,1-4H3. The molecule has 0 radical (unpaired) electrons. The molecule has 0 amide bonds. The van der Waals surface area contributed by atoms with Gasteiger partial charge in [-0.05, 0) is 36.7 Å². The third-order valence-electron chi connectivity index (χ3n) is 12.2. The van der Waals surface area contributed by atoms with Gasteiger partial charge < -0.3 is 37.2 Å². The van der Waals surface area contributed by atoms with Gasteiger partial charge in [0.25, 0.3) is 0 Å². The molecule has 0 saturated carbocycles. The molecular weight excluding hydrogens is 1300 g/mol. The number of imidazole rings is 4. The Morgan fingerprint density at radius 1 is 0.429 bits per heavy atom. The number of thioether (sulfide) groups is 2. The van der Waals surface area contributed by atoms with Crippen molar-refractivity contribution >= 4 is 166 Å². The first-order valence-corrected chi connectivity index (χ1v) is 49.4. The van der Waals surface area contributed by atoms with Crippen LogP contribution >= 0.6 is 69.9 Å². The van der Waals surface area contributed by atoms with Crippen molar-refractivity contribution in [1.82, 2.24) is 58.1 Å². The van der Waals surface area contributed by atoms with Gasteiger partial charge in [-0.2, -0.15) is 0 Å². The lowest BCUT2D eigenvalue weighted by Crippen LogP contribution is -2.22. The number of ether oxygens (including phenoxy) is 4. The number of fused-ring (bicyclic) bond motifs is 4. The first-order valence-electron chi connectivity index (χ1n) is 26.8. The van der Waals surface area contributed by atoms with Crippen LogP contribution in [0.4, 0.5) is 0 Å². The highest BCUT2D eigenvalue weighted by Crippen LogP contribution is 2.29. The summed E-state index contributed by atoms with van der Waals surface area (Å²) in [5, 5.41) is 2.77. The fourth-order valence-corrected chi connectivity index (χ4v) is 14.2. The van der Waals surface area contributed by atoms with Gasteiger partial charge in [0.1, 0.15) is 79.7 Å². The molecule has 0 aliphatic heterocycles. The lowest BCUT2D eigenvalue weighted by molar-refractivity contribution is 0.0894. The predicted octanol–water partition coefficient (Wildman–Crippen LogP) is 13.8. The highest BCUT2D eigenvalue weighted by Gasteiger charge is 2.23. The van der Waals surface area contributed by atoms with Crippen LogP contribution in [0.3, 0.4) is 0 Å². The SMILES string of the molecule is CSc1nc(Cl)cc2c1ncn2COCC[Si](C)(C)C.CSc1nc(Cl)cc2ncn(COCC[Si](C)(C)C)c12.C[Si](C)(C)CCOCn1cnc2c(S(C)(=O)=O)nc(Cl)cc21.C[Si](C)(C)CCOCn1cnc2cc(Cl)nc(S(C)(=O)=O)c21. The number of hydrogen-bond acceptors (Lipinski definition) is 18. The fourth-order valence-electron chi connectivity index (χ4n) is 7.44. The number of rotatable bonds is 24. The van der Waals surface area contributed by atoms with Gasteiger partial charge in [-0.1, -0.05) is 125 Å². The fraction of sp³-hybridized carbons (Fsp3) is 0.538. The molecule has 0 atom stereocenters. The molecule has 8 aromatic heterocycles. The molecule has 20 nitrogen and oxygen atoms in total. The van der Waals surface area contributed by atoms with Crippen molar-refractivity contribution in [1.29, 1.82) is 0 Å². The molecule has 0 fully saturated rings. The van der Waals surface area contributed by atoms with E-state index in [-0.39, 0.29) is 27.1 Å². The van der Waals surface area contributed by atoms with Crippen molar-refractivity contribution < 1.29 is 35.8 Å². The number of aromatic nitrogens is 12. The van der Waals surface area contributed by atoms with E-state index in [1.807, 2.05) is 27.7 Å². The molecule has 8 rings (SSSR count). The summed E-state index contributed by atoms with van der Waals surface area (Å²) in [5.74, 6) is 0. The van der Waals surface area contributed by atoms with Crippen molar-refractivity contribution in [3.05, 3.63) is 70.2 Å². The van der Waals surface area contributed by atoms with Gasteiger partial charge in [-0.3, -0.25) is 0 Å². The monoisotopic (exact) mass is 1380 g/mol. The smallest absolute Gasteiger partial charge is 0.195 e. The van der Waals surface area contributed by atoms with E-state index in [0.717, 1.165) is 76.0 Å². The summed E-state index contributed by atoms with van der Waals surface area (Å²) in [6.07, 6.45) is 12.8. The van der Waals surface area contributed by atoms with Crippen LogP contribution < -0.4 is 0 Å². The summed E-state index contributed by atoms with van der Waals surface area (Å²) in [6, 6.07) is 11.2. The Labute approximate surface area is 527 Å². The third-order valence-corrected chi connectivity index (χ3v) is 23.1. The molecule has 0 bridgehead atoms. The first-order chi connectivity index (χ1) is 39.0. The Morgan fingerprint density at radius 3 is 1.17 bits per heavy atom. The molecule has 0 aliphatic carbocycles. The maximum absolute atomic E-state index is 11.9. The average molecular weight is 1380 g/mol.